The number of hydrogen-bond acceptors (Lipinski definition) is 3. The molecule has 1 atom stereocenters. The van der Waals surface area contributed by atoms with Crippen molar-refractivity contribution in [3.8, 4) is 0 Å². The van der Waals surface area contributed by atoms with Gasteiger partial charge >= 0.3 is 0 Å². The largest absolute Gasteiger partial charge is 0.399 e. The summed E-state index contributed by atoms with van der Waals surface area (Å²) >= 11 is 0. The second kappa shape index (κ2) is 5.31. The number of nitrogens with zero attached hydrogens (tertiary/aromatic N) is 1. The van der Waals surface area contributed by atoms with Gasteiger partial charge in [-0.05, 0) is 42.8 Å². The predicted molar refractivity (Wildman–Crippen MR) is 71.0 cm³/mol. The van der Waals surface area contributed by atoms with Crippen LogP contribution in [0.4, 0.5) is 5.69 Å². The van der Waals surface area contributed by atoms with Crippen molar-refractivity contribution < 1.29 is 4.79 Å². The van der Waals surface area contributed by atoms with Crippen LogP contribution in [0.1, 0.15) is 28.9 Å². The summed E-state index contributed by atoms with van der Waals surface area (Å²) in [6.45, 7) is 1.92. The molecule has 92 valence electrons. The summed E-state index contributed by atoms with van der Waals surface area (Å²) in [5, 5.41) is 2.91. The number of rotatable bonds is 3. The van der Waals surface area contributed by atoms with Gasteiger partial charge in [-0.15, -0.1) is 0 Å². The van der Waals surface area contributed by atoms with Gasteiger partial charge in [0.05, 0.1) is 6.04 Å². The highest BCUT2D eigenvalue weighted by atomic mass is 16.1. The summed E-state index contributed by atoms with van der Waals surface area (Å²) in [7, 11) is 0. The van der Waals surface area contributed by atoms with E-state index < -0.39 is 0 Å². The second-order valence-corrected chi connectivity index (χ2v) is 4.10. The van der Waals surface area contributed by atoms with Gasteiger partial charge in [0.1, 0.15) is 0 Å². The van der Waals surface area contributed by atoms with E-state index in [1.807, 2.05) is 19.1 Å². The number of aromatic nitrogens is 1. The van der Waals surface area contributed by atoms with Crippen molar-refractivity contribution in [2.24, 2.45) is 0 Å². The van der Waals surface area contributed by atoms with E-state index in [0.29, 0.717) is 11.3 Å². The molecular formula is C14H15N3O. The van der Waals surface area contributed by atoms with Gasteiger partial charge in [0.15, 0.2) is 0 Å². The van der Waals surface area contributed by atoms with E-state index in [2.05, 4.69) is 10.3 Å². The molecule has 0 saturated heterocycles. The van der Waals surface area contributed by atoms with Crippen molar-refractivity contribution in [1.82, 2.24) is 10.3 Å². The van der Waals surface area contributed by atoms with E-state index in [1.165, 1.54) is 0 Å². The molecule has 1 unspecified atom stereocenters. The number of hydrogen-bond donors (Lipinski definition) is 2. The Labute approximate surface area is 106 Å². The summed E-state index contributed by atoms with van der Waals surface area (Å²) in [5.74, 6) is -0.119. The summed E-state index contributed by atoms with van der Waals surface area (Å²) < 4.78 is 0. The van der Waals surface area contributed by atoms with Crippen LogP contribution >= 0.6 is 0 Å². The van der Waals surface area contributed by atoms with Gasteiger partial charge in [0, 0.05) is 23.6 Å². The predicted octanol–water partition coefficient (Wildman–Crippen LogP) is 2.15. The van der Waals surface area contributed by atoms with E-state index in [0.717, 1.165) is 5.56 Å². The highest BCUT2D eigenvalue weighted by Gasteiger charge is 2.10. The molecule has 3 N–H and O–H groups in total. The van der Waals surface area contributed by atoms with Crippen molar-refractivity contribution >= 4 is 11.6 Å². The smallest absolute Gasteiger partial charge is 0.251 e. The number of anilines is 1. The maximum atomic E-state index is 12.0. The molecule has 1 aromatic carbocycles. The van der Waals surface area contributed by atoms with Crippen molar-refractivity contribution in [2.45, 2.75) is 13.0 Å². The third-order valence-electron chi connectivity index (χ3n) is 2.70. The first-order valence-electron chi connectivity index (χ1n) is 5.73. The van der Waals surface area contributed by atoms with E-state index in [1.54, 1.807) is 36.7 Å². The van der Waals surface area contributed by atoms with Crippen LogP contribution in [0.2, 0.25) is 0 Å². The molecule has 0 fully saturated rings. The Hall–Kier alpha value is -2.36. The molecule has 0 saturated carbocycles. The third-order valence-corrected chi connectivity index (χ3v) is 2.70. The molecule has 1 amide bonds. The monoisotopic (exact) mass is 241 g/mol. The van der Waals surface area contributed by atoms with Crippen molar-refractivity contribution in [1.29, 1.82) is 0 Å². The highest BCUT2D eigenvalue weighted by Crippen LogP contribution is 2.12. The van der Waals surface area contributed by atoms with Gasteiger partial charge < -0.3 is 11.1 Å². The summed E-state index contributed by atoms with van der Waals surface area (Å²) in [4.78, 5) is 16.0. The Morgan fingerprint density at radius 1 is 1.28 bits per heavy atom. The molecule has 18 heavy (non-hydrogen) atoms. The number of benzene rings is 1. The second-order valence-electron chi connectivity index (χ2n) is 4.10. The summed E-state index contributed by atoms with van der Waals surface area (Å²) in [6, 6.07) is 10.5. The minimum Gasteiger partial charge on any atom is -0.399 e. The molecule has 4 heteroatoms. The lowest BCUT2D eigenvalue weighted by atomic mass is 10.1. The zero-order valence-electron chi connectivity index (χ0n) is 10.1. The Bertz CT molecular complexity index is 522. The summed E-state index contributed by atoms with van der Waals surface area (Å²) in [6.07, 6.45) is 3.45. The molecule has 2 aromatic rings. The third kappa shape index (κ3) is 2.85. The van der Waals surface area contributed by atoms with Crippen molar-refractivity contribution in [3.05, 3.63) is 59.9 Å². The average molecular weight is 241 g/mol. The fourth-order valence-corrected chi connectivity index (χ4v) is 1.63. The van der Waals surface area contributed by atoms with Crippen LogP contribution in [0.3, 0.4) is 0 Å². The number of carbonyl (C=O) groups excluding carboxylic acids is 1. The number of amides is 1. The molecule has 0 aliphatic carbocycles. The normalized spacial score (nSPS) is 11.8. The fourth-order valence-electron chi connectivity index (χ4n) is 1.63. The Morgan fingerprint density at radius 2 is 2.00 bits per heavy atom. The molecule has 0 aliphatic heterocycles. The Morgan fingerprint density at radius 3 is 2.61 bits per heavy atom. The molecule has 0 bridgehead atoms. The SMILES string of the molecule is CC(NC(=O)c1ccc(N)cc1)c1cccnc1. The van der Waals surface area contributed by atoms with Crippen LogP contribution in [0.25, 0.3) is 0 Å². The van der Waals surface area contributed by atoms with E-state index in [-0.39, 0.29) is 11.9 Å². The van der Waals surface area contributed by atoms with E-state index >= 15 is 0 Å². The lowest BCUT2D eigenvalue weighted by Gasteiger charge is -2.13. The van der Waals surface area contributed by atoms with Crippen LogP contribution in [-0.4, -0.2) is 10.9 Å². The zero-order valence-corrected chi connectivity index (χ0v) is 10.1. The van der Waals surface area contributed by atoms with Crippen LogP contribution in [0.5, 0.6) is 0 Å². The van der Waals surface area contributed by atoms with Gasteiger partial charge in [-0.2, -0.15) is 0 Å². The standard InChI is InChI=1S/C14H15N3O/c1-10(12-3-2-8-16-9-12)17-14(18)11-4-6-13(15)7-5-11/h2-10H,15H2,1H3,(H,17,18). The van der Waals surface area contributed by atoms with Crippen LogP contribution < -0.4 is 11.1 Å². The quantitative estimate of drug-likeness (QED) is 0.809. The average Bonchev–Trinajstić information content (AvgIpc) is 2.40. The molecule has 2 rings (SSSR count). The molecule has 4 nitrogen and oxygen atoms in total. The van der Waals surface area contributed by atoms with Gasteiger partial charge in [-0.25, -0.2) is 0 Å². The van der Waals surface area contributed by atoms with Crippen LogP contribution in [0, 0.1) is 0 Å². The minimum absolute atomic E-state index is 0.0799. The number of carbonyl (C=O) groups is 1. The molecule has 0 radical (unpaired) electrons. The lowest BCUT2D eigenvalue weighted by molar-refractivity contribution is 0.0940. The van der Waals surface area contributed by atoms with Crippen molar-refractivity contribution in [2.75, 3.05) is 5.73 Å². The number of pyridine rings is 1. The molecule has 1 heterocycles. The first-order chi connectivity index (χ1) is 8.66. The molecular weight excluding hydrogens is 226 g/mol. The first kappa shape index (κ1) is 12.1. The number of nitrogens with one attached hydrogen (secondary N) is 1. The Kier molecular flexibility index (Phi) is 3.57. The van der Waals surface area contributed by atoms with Crippen LogP contribution in [-0.2, 0) is 0 Å². The van der Waals surface area contributed by atoms with Crippen LogP contribution in [0.15, 0.2) is 48.8 Å². The molecule has 1 aromatic heterocycles. The lowest BCUT2D eigenvalue weighted by Crippen LogP contribution is -2.26. The van der Waals surface area contributed by atoms with Crippen molar-refractivity contribution in [3.63, 3.8) is 0 Å². The van der Waals surface area contributed by atoms with E-state index in [9.17, 15) is 4.79 Å². The van der Waals surface area contributed by atoms with Gasteiger partial charge in [0.25, 0.3) is 5.91 Å². The fraction of sp³-hybridized carbons (Fsp3) is 0.143. The molecule has 0 aliphatic rings. The highest BCUT2D eigenvalue weighted by molar-refractivity contribution is 5.94. The molecule has 0 spiro atoms. The van der Waals surface area contributed by atoms with Gasteiger partial charge in [0.2, 0.25) is 0 Å². The van der Waals surface area contributed by atoms with Gasteiger partial charge in [-0.3, -0.25) is 9.78 Å². The van der Waals surface area contributed by atoms with E-state index in [4.69, 9.17) is 5.73 Å². The van der Waals surface area contributed by atoms with Gasteiger partial charge in [-0.1, -0.05) is 6.07 Å². The number of nitrogens with two attached hydrogens (primary N) is 1. The maximum absolute atomic E-state index is 12.0. The minimum atomic E-state index is -0.119. The Balaban J connectivity index is 2.06. The summed E-state index contributed by atoms with van der Waals surface area (Å²) in [5.41, 5.74) is 7.79. The topological polar surface area (TPSA) is 68.0 Å². The zero-order chi connectivity index (χ0) is 13.0. The first-order valence-corrected chi connectivity index (χ1v) is 5.73. The number of nitrogen functional groups attached to an aromatic ring is 1. The maximum Gasteiger partial charge on any atom is 0.251 e.